The summed E-state index contributed by atoms with van der Waals surface area (Å²) in [5, 5.41) is 11.4. The van der Waals surface area contributed by atoms with Crippen LogP contribution in [-0.4, -0.2) is 55.7 Å². The number of carbonyl (C=O) groups excluding carboxylic acids is 2. The second kappa shape index (κ2) is 13.9. The van der Waals surface area contributed by atoms with E-state index in [4.69, 9.17) is 18.9 Å². The van der Waals surface area contributed by atoms with Crippen LogP contribution in [0.3, 0.4) is 0 Å². The number of Topliss-reactive ketones (excluding diaryl/α,β-unsaturated/α-hetero) is 1. The molecule has 216 valence electrons. The summed E-state index contributed by atoms with van der Waals surface area (Å²) in [6, 6.07) is 19.3. The lowest BCUT2D eigenvalue weighted by Crippen LogP contribution is -2.32. The van der Waals surface area contributed by atoms with E-state index in [0.29, 0.717) is 41.6 Å². The van der Waals surface area contributed by atoms with E-state index in [1.807, 2.05) is 31.2 Å². The normalized spacial score (nSPS) is 16.2. The summed E-state index contributed by atoms with van der Waals surface area (Å²) >= 11 is 0. The van der Waals surface area contributed by atoms with Crippen LogP contribution >= 0.6 is 0 Å². The highest BCUT2D eigenvalue weighted by atomic mass is 16.5. The molecule has 8 heteroatoms. The number of aliphatic hydroxyl groups is 1. The molecule has 1 atom stereocenters. The van der Waals surface area contributed by atoms with Crippen molar-refractivity contribution in [2.24, 2.45) is 0 Å². The van der Waals surface area contributed by atoms with E-state index in [0.717, 1.165) is 24.0 Å². The molecule has 3 aromatic rings. The third-order valence-corrected chi connectivity index (χ3v) is 7.12. The number of aliphatic hydroxyl groups excluding tert-OH is 1. The molecule has 0 saturated carbocycles. The highest BCUT2D eigenvalue weighted by Gasteiger charge is 2.46. The first kappa shape index (κ1) is 29.7. The molecular weight excluding hydrogens is 522 g/mol. The van der Waals surface area contributed by atoms with Gasteiger partial charge in [0, 0.05) is 19.2 Å². The van der Waals surface area contributed by atoms with Crippen LogP contribution in [0.4, 0.5) is 0 Å². The van der Waals surface area contributed by atoms with Gasteiger partial charge in [-0.15, -0.1) is 0 Å². The average molecular weight is 560 g/mol. The SMILES string of the molecule is CCCCOc1ccc(C2C(=C(O)c3ccc(OCc4ccccc4C)cc3)C(=O)C(=O)N2CCOC)cc1OC. The van der Waals surface area contributed by atoms with Crippen LogP contribution in [0, 0.1) is 6.92 Å². The lowest BCUT2D eigenvalue weighted by Gasteiger charge is -2.25. The Labute approximate surface area is 241 Å². The zero-order valence-corrected chi connectivity index (χ0v) is 24.0. The molecule has 1 aliphatic heterocycles. The number of likely N-dealkylation sites (tertiary alicyclic amines) is 1. The maximum absolute atomic E-state index is 13.3. The van der Waals surface area contributed by atoms with Crippen molar-refractivity contribution in [3.8, 4) is 17.2 Å². The van der Waals surface area contributed by atoms with Crippen LogP contribution in [0.2, 0.25) is 0 Å². The number of aryl methyl sites for hydroxylation is 1. The zero-order chi connectivity index (χ0) is 29.4. The van der Waals surface area contributed by atoms with Gasteiger partial charge >= 0.3 is 0 Å². The predicted molar refractivity (Wildman–Crippen MR) is 156 cm³/mol. The highest BCUT2D eigenvalue weighted by molar-refractivity contribution is 6.46. The number of benzene rings is 3. The Bertz CT molecular complexity index is 1400. The molecule has 0 aliphatic carbocycles. The summed E-state index contributed by atoms with van der Waals surface area (Å²) in [5.41, 5.74) is 3.22. The van der Waals surface area contributed by atoms with E-state index in [9.17, 15) is 14.7 Å². The van der Waals surface area contributed by atoms with Gasteiger partial charge in [-0.05, 0) is 66.4 Å². The van der Waals surface area contributed by atoms with Crippen LogP contribution in [0.5, 0.6) is 17.2 Å². The van der Waals surface area contributed by atoms with Gasteiger partial charge in [0.05, 0.1) is 31.9 Å². The minimum absolute atomic E-state index is 0.00128. The third kappa shape index (κ3) is 6.72. The van der Waals surface area contributed by atoms with Gasteiger partial charge in [0.15, 0.2) is 11.5 Å². The Hall–Kier alpha value is -4.30. The molecule has 1 heterocycles. The molecule has 4 rings (SSSR count). The van der Waals surface area contributed by atoms with Crippen LogP contribution < -0.4 is 14.2 Å². The Morgan fingerprint density at radius 2 is 1.68 bits per heavy atom. The highest BCUT2D eigenvalue weighted by Crippen LogP contribution is 2.42. The molecule has 0 radical (unpaired) electrons. The maximum Gasteiger partial charge on any atom is 0.295 e. The van der Waals surface area contributed by atoms with Gasteiger partial charge < -0.3 is 29.0 Å². The molecule has 1 fully saturated rings. The van der Waals surface area contributed by atoms with Crippen LogP contribution in [0.25, 0.3) is 5.76 Å². The van der Waals surface area contributed by atoms with Crippen molar-refractivity contribution < 1.29 is 33.6 Å². The molecular formula is C33H37NO7. The molecule has 8 nitrogen and oxygen atoms in total. The number of amides is 1. The number of nitrogens with zero attached hydrogens (tertiary/aromatic N) is 1. The van der Waals surface area contributed by atoms with E-state index in [1.54, 1.807) is 42.5 Å². The van der Waals surface area contributed by atoms with E-state index < -0.39 is 17.7 Å². The van der Waals surface area contributed by atoms with Crippen molar-refractivity contribution in [2.75, 3.05) is 34.0 Å². The van der Waals surface area contributed by atoms with E-state index in [1.165, 1.54) is 19.1 Å². The lowest BCUT2D eigenvalue weighted by atomic mass is 9.95. The number of ether oxygens (including phenoxy) is 4. The van der Waals surface area contributed by atoms with Gasteiger partial charge in [-0.3, -0.25) is 9.59 Å². The van der Waals surface area contributed by atoms with Crippen LogP contribution in [-0.2, 0) is 20.9 Å². The van der Waals surface area contributed by atoms with Crippen molar-refractivity contribution in [1.82, 2.24) is 4.90 Å². The molecule has 41 heavy (non-hydrogen) atoms. The smallest absolute Gasteiger partial charge is 0.295 e. The molecule has 1 amide bonds. The van der Waals surface area contributed by atoms with E-state index >= 15 is 0 Å². The van der Waals surface area contributed by atoms with Crippen LogP contribution in [0.1, 0.15) is 48.1 Å². The summed E-state index contributed by atoms with van der Waals surface area (Å²) < 4.78 is 22.6. The number of hydrogen-bond donors (Lipinski definition) is 1. The molecule has 0 bridgehead atoms. The van der Waals surface area contributed by atoms with E-state index in [-0.39, 0.29) is 24.5 Å². The summed E-state index contributed by atoms with van der Waals surface area (Å²) in [7, 11) is 3.07. The fourth-order valence-electron chi connectivity index (χ4n) is 4.74. The maximum atomic E-state index is 13.3. The fourth-order valence-corrected chi connectivity index (χ4v) is 4.74. The van der Waals surface area contributed by atoms with Crippen molar-refractivity contribution >= 4 is 17.4 Å². The quantitative estimate of drug-likeness (QED) is 0.122. The summed E-state index contributed by atoms with van der Waals surface area (Å²) in [4.78, 5) is 27.9. The first-order valence-electron chi connectivity index (χ1n) is 13.7. The van der Waals surface area contributed by atoms with Gasteiger partial charge in [0.2, 0.25) is 0 Å². The number of rotatable bonds is 13. The average Bonchev–Trinajstić information content (AvgIpc) is 3.24. The first-order chi connectivity index (χ1) is 19.9. The van der Waals surface area contributed by atoms with Crippen LogP contribution in [0.15, 0.2) is 72.3 Å². The largest absolute Gasteiger partial charge is 0.507 e. The molecule has 0 aromatic heterocycles. The van der Waals surface area contributed by atoms with Gasteiger partial charge in [-0.25, -0.2) is 0 Å². The Morgan fingerprint density at radius 1 is 0.927 bits per heavy atom. The predicted octanol–water partition coefficient (Wildman–Crippen LogP) is 5.83. The summed E-state index contributed by atoms with van der Waals surface area (Å²) in [5.74, 6) is -0.0584. The van der Waals surface area contributed by atoms with Crippen molar-refractivity contribution in [3.05, 3.63) is 94.6 Å². The minimum atomic E-state index is -0.833. The van der Waals surface area contributed by atoms with Gasteiger partial charge in [-0.2, -0.15) is 0 Å². The topological polar surface area (TPSA) is 94.5 Å². The van der Waals surface area contributed by atoms with Crippen molar-refractivity contribution in [2.45, 2.75) is 39.3 Å². The molecule has 1 unspecified atom stereocenters. The Balaban J connectivity index is 1.67. The Morgan fingerprint density at radius 3 is 2.37 bits per heavy atom. The van der Waals surface area contributed by atoms with Crippen molar-refractivity contribution in [1.29, 1.82) is 0 Å². The van der Waals surface area contributed by atoms with Gasteiger partial charge in [0.25, 0.3) is 11.7 Å². The number of unbranched alkanes of at least 4 members (excludes halogenated alkanes) is 1. The monoisotopic (exact) mass is 559 g/mol. The van der Waals surface area contributed by atoms with Gasteiger partial charge in [-0.1, -0.05) is 43.7 Å². The summed E-state index contributed by atoms with van der Waals surface area (Å²) in [6.07, 6.45) is 1.90. The minimum Gasteiger partial charge on any atom is -0.507 e. The standard InChI is InChI=1S/C33H37NO7/c1-5-6-18-40-27-16-13-24(20-28(27)39-4)30-29(32(36)33(37)34(30)17-19-38-3)31(35)23-11-14-26(15-12-23)41-21-25-10-8-7-9-22(25)2/h7-16,20,30,35H,5-6,17-19,21H2,1-4H3. The zero-order valence-electron chi connectivity index (χ0n) is 24.0. The second-order valence-corrected chi connectivity index (χ2v) is 9.84. The van der Waals surface area contributed by atoms with Gasteiger partial charge in [0.1, 0.15) is 18.1 Å². The third-order valence-electron chi connectivity index (χ3n) is 7.12. The lowest BCUT2D eigenvalue weighted by molar-refractivity contribution is -0.140. The fraction of sp³-hybridized carbons (Fsp3) is 0.333. The summed E-state index contributed by atoms with van der Waals surface area (Å²) in [6.45, 7) is 5.46. The molecule has 1 saturated heterocycles. The molecule has 1 aliphatic rings. The first-order valence-corrected chi connectivity index (χ1v) is 13.7. The van der Waals surface area contributed by atoms with E-state index in [2.05, 4.69) is 6.92 Å². The van der Waals surface area contributed by atoms with Crippen molar-refractivity contribution in [3.63, 3.8) is 0 Å². The number of hydrogen-bond acceptors (Lipinski definition) is 7. The molecule has 3 aromatic carbocycles. The number of methoxy groups -OCH3 is 2. The molecule has 1 N–H and O–H groups in total. The number of carbonyl (C=O) groups is 2. The Kier molecular flexibility index (Phi) is 10.0. The molecule has 0 spiro atoms. The number of ketones is 1. The second-order valence-electron chi connectivity index (χ2n) is 9.84.